The summed E-state index contributed by atoms with van der Waals surface area (Å²) in [6, 6.07) is 4.31. The van der Waals surface area contributed by atoms with Crippen molar-refractivity contribution < 1.29 is 14.2 Å². The quantitative estimate of drug-likeness (QED) is 0.884. The molecule has 1 heterocycles. The molecule has 1 aromatic rings. The van der Waals surface area contributed by atoms with Crippen LogP contribution < -0.4 is 0 Å². The SMILES string of the molecule is OC(c1cc(F)cc(Cl)c1)C1CCOC2(CCCC2)C1. The van der Waals surface area contributed by atoms with Crippen LogP contribution in [0.25, 0.3) is 0 Å². The lowest BCUT2D eigenvalue weighted by Gasteiger charge is -2.40. The molecule has 3 rings (SSSR count). The molecule has 20 heavy (non-hydrogen) atoms. The molecule has 0 aromatic heterocycles. The van der Waals surface area contributed by atoms with Crippen LogP contribution in [0.1, 0.15) is 50.2 Å². The zero-order valence-corrected chi connectivity index (χ0v) is 12.2. The molecule has 110 valence electrons. The molecule has 1 saturated heterocycles. The molecule has 0 radical (unpaired) electrons. The van der Waals surface area contributed by atoms with E-state index in [2.05, 4.69) is 0 Å². The monoisotopic (exact) mass is 298 g/mol. The van der Waals surface area contributed by atoms with E-state index in [0.29, 0.717) is 17.2 Å². The van der Waals surface area contributed by atoms with Crippen LogP contribution in [-0.2, 0) is 4.74 Å². The maximum atomic E-state index is 13.4. The fourth-order valence-corrected chi connectivity index (χ4v) is 3.95. The molecule has 0 bridgehead atoms. The molecule has 2 aliphatic rings. The lowest BCUT2D eigenvalue weighted by Crippen LogP contribution is -2.39. The summed E-state index contributed by atoms with van der Waals surface area (Å²) in [5, 5.41) is 10.9. The number of hydrogen-bond donors (Lipinski definition) is 1. The third kappa shape index (κ3) is 2.85. The van der Waals surface area contributed by atoms with E-state index in [4.69, 9.17) is 16.3 Å². The molecule has 2 atom stereocenters. The Morgan fingerprint density at radius 1 is 1.30 bits per heavy atom. The van der Waals surface area contributed by atoms with Gasteiger partial charge in [0, 0.05) is 11.6 Å². The van der Waals surface area contributed by atoms with Gasteiger partial charge in [0.25, 0.3) is 0 Å². The first kappa shape index (κ1) is 14.3. The summed E-state index contributed by atoms with van der Waals surface area (Å²) < 4.78 is 19.4. The summed E-state index contributed by atoms with van der Waals surface area (Å²) in [6.45, 7) is 0.685. The Labute approximate surface area is 123 Å². The second kappa shape index (κ2) is 5.63. The van der Waals surface area contributed by atoms with Crippen LogP contribution in [0, 0.1) is 11.7 Å². The van der Waals surface area contributed by atoms with Crippen LogP contribution in [0.15, 0.2) is 18.2 Å². The second-order valence-electron chi connectivity index (χ2n) is 6.14. The highest BCUT2D eigenvalue weighted by Gasteiger charge is 2.42. The molecule has 2 unspecified atom stereocenters. The summed E-state index contributed by atoms with van der Waals surface area (Å²) >= 11 is 5.88. The largest absolute Gasteiger partial charge is 0.388 e. The van der Waals surface area contributed by atoms with Crippen molar-refractivity contribution in [3.05, 3.63) is 34.6 Å². The molecule has 1 saturated carbocycles. The second-order valence-corrected chi connectivity index (χ2v) is 6.58. The molecule has 1 aliphatic carbocycles. The van der Waals surface area contributed by atoms with Crippen molar-refractivity contribution in [2.75, 3.05) is 6.61 Å². The zero-order valence-electron chi connectivity index (χ0n) is 11.4. The molecule has 4 heteroatoms. The van der Waals surface area contributed by atoms with Gasteiger partial charge in [0.1, 0.15) is 5.82 Å². The Bertz CT molecular complexity index is 465. The summed E-state index contributed by atoms with van der Waals surface area (Å²) in [7, 11) is 0. The van der Waals surface area contributed by atoms with E-state index in [-0.39, 0.29) is 11.5 Å². The van der Waals surface area contributed by atoms with Crippen LogP contribution in [0.4, 0.5) is 4.39 Å². The Balaban J connectivity index is 1.77. The van der Waals surface area contributed by atoms with Gasteiger partial charge >= 0.3 is 0 Å². The van der Waals surface area contributed by atoms with Gasteiger partial charge in [-0.25, -0.2) is 4.39 Å². The third-order valence-corrected chi connectivity index (χ3v) is 4.94. The lowest BCUT2D eigenvalue weighted by atomic mass is 9.80. The lowest BCUT2D eigenvalue weighted by molar-refractivity contribution is -0.113. The number of ether oxygens (including phenoxy) is 1. The normalized spacial score (nSPS) is 26.9. The fourth-order valence-electron chi connectivity index (χ4n) is 3.72. The molecular formula is C16H20ClFO2. The van der Waals surface area contributed by atoms with Gasteiger partial charge in [-0.05, 0) is 55.4 Å². The minimum Gasteiger partial charge on any atom is -0.388 e. The van der Waals surface area contributed by atoms with Crippen LogP contribution in [0.2, 0.25) is 5.02 Å². The van der Waals surface area contributed by atoms with Gasteiger partial charge < -0.3 is 9.84 Å². The van der Waals surface area contributed by atoms with Gasteiger partial charge in [0.05, 0.1) is 11.7 Å². The van der Waals surface area contributed by atoms with Gasteiger partial charge in [-0.15, -0.1) is 0 Å². The fraction of sp³-hybridized carbons (Fsp3) is 0.625. The van der Waals surface area contributed by atoms with Crippen molar-refractivity contribution in [1.29, 1.82) is 0 Å². The third-order valence-electron chi connectivity index (χ3n) is 4.72. The van der Waals surface area contributed by atoms with Crippen molar-refractivity contribution >= 4 is 11.6 Å². The predicted molar refractivity (Wildman–Crippen MR) is 76.2 cm³/mol. The minimum atomic E-state index is -0.662. The minimum absolute atomic E-state index is 0.0407. The van der Waals surface area contributed by atoms with Crippen molar-refractivity contribution in [1.82, 2.24) is 0 Å². The Morgan fingerprint density at radius 3 is 2.75 bits per heavy atom. The molecule has 1 N–H and O–H groups in total. The van der Waals surface area contributed by atoms with E-state index < -0.39 is 11.9 Å². The standard InChI is InChI=1S/C16H20ClFO2/c17-13-7-12(8-14(18)9-13)15(19)11-3-6-20-16(10-11)4-1-2-5-16/h7-9,11,15,19H,1-6,10H2. The average Bonchev–Trinajstić information content (AvgIpc) is 2.85. The van der Waals surface area contributed by atoms with Crippen LogP contribution in [0.3, 0.4) is 0 Å². The summed E-state index contributed by atoms with van der Waals surface area (Å²) in [5.41, 5.74) is 0.538. The van der Waals surface area contributed by atoms with E-state index in [0.717, 1.165) is 25.7 Å². The number of halogens is 2. The molecule has 2 fully saturated rings. The smallest absolute Gasteiger partial charge is 0.125 e. The predicted octanol–water partition coefficient (Wildman–Crippen LogP) is 4.25. The van der Waals surface area contributed by atoms with E-state index in [1.807, 2.05) is 0 Å². The number of rotatable bonds is 2. The zero-order chi connectivity index (χ0) is 14.2. The highest BCUT2D eigenvalue weighted by molar-refractivity contribution is 6.30. The first-order chi connectivity index (χ1) is 9.58. The van der Waals surface area contributed by atoms with Crippen molar-refractivity contribution in [3.63, 3.8) is 0 Å². The first-order valence-corrected chi connectivity index (χ1v) is 7.74. The van der Waals surface area contributed by atoms with Gasteiger partial charge in [0.2, 0.25) is 0 Å². The van der Waals surface area contributed by atoms with Crippen LogP contribution in [-0.4, -0.2) is 17.3 Å². The highest BCUT2D eigenvalue weighted by atomic mass is 35.5. The van der Waals surface area contributed by atoms with E-state index in [1.165, 1.54) is 25.0 Å². The summed E-state index contributed by atoms with van der Waals surface area (Å²) in [6.07, 6.45) is 5.59. The van der Waals surface area contributed by atoms with Gasteiger partial charge in [-0.3, -0.25) is 0 Å². The number of aliphatic hydroxyl groups excluding tert-OH is 1. The summed E-state index contributed by atoms with van der Waals surface area (Å²) in [4.78, 5) is 0. The maximum absolute atomic E-state index is 13.4. The van der Waals surface area contributed by atoms with Crippen molar-refractivity contribution in [2.45, 2.75) is 50.2 Å². The highest BCUT2D eigenvalue weighted by Crippen LogP contribution is 2.45. The number of aliphatic hydroxyl groups is 1. The van der Waals surface area contributed by atoms with Crippen molar-refractivity contribution in [2.24, 2.45) is 5.92 Å². The maximum Gasteiger partial charge on any atom is 0.125 e. The van der Waals surface area contributed by atoms with Crippen LogP contribution in [0.5, 0.6) is 0 Å². The topological polar surface area (TPSA) is 29.5 Å². The van der Waals surface area contributed by atoms with Gasteiger partial charge in [0.15, 0.2) is 0 Å². The van der Waals surface area contributed by atoms with E-state index >= 15 is 0 Å². The molecule has 0 amide bonds. The first-order valence-electron chi connectivity index (χ1n) is 7.36. The van der Waals surface area contributed by atoms with Gasteiger partial charge in [-0.1, -0.05) is 24.4 Å². The summed E-state index contributed by atoms with van der Waals surface area (Å²) in [5.74, 6) is -0.270. The van der Waals surface area contributed by atoms with E-state index in [1.54, 1.807) is 6.07 Å². The molecular weight excluding hydrogens is 279 g/mol. The van der Waals surface area contributed by atoms with Crippen molar-refractivity contribution in [3.8, 4) is 0 Å². The van der Waals surface area contributed by atoms with Gasteiger partial charge in [-0.2, -0.15) is 0 Å². The Morgan fingerprint density at radius 2 is 2.05 bits per heavy atom. The van der Waals surface area contributed by atoms with E-state index in [9.17, 15) is 9.50 Å². The number of benzene rings is 1. The molecule has 1 aliphatic heterocycles. The number of hydrogen-bond acceptors (Lipinski definition) is 2. The average molecular weight is 299 g/mol. The molecule has 1 spiro atoms. The molecule has 1 aromatic carbocycles. The Hall–Kier alpha value is -0.640. The van der Waals surface area contributed by atoms with Crippen LogP contribution >= 0.6 is 11.6 Å². The Kier molecular flexibility index (Phi) is 4.02. The molecule has 2 nitrogen and oxygen atoms in total.